The van der Waals surface area contributed by atoms with Gasteiger partial charge in [-0.1, -0.05) is 19.3 Å². The van der Waals surface area contributed by atoms with Crippen LogP contribution in [-0.4, -0.2) is 88.1 Å². The fourth-order valence-electron chi connectivity index (χ4n) is 4.96. The van der Waals surface area contributed by atoms with E-state index in [1.165, 1.54) is 7.11 Å². The van der Waals surface area contributed by atoms with Crippen LogP contribution >= 0.6 is 0 Å². The fourth-order valence-corrected chi connectivity index (χ4v) is 6.67. The molecule has 0 radical (unpaired) electrons. The lowest BCUT2D eigenvalue weighted by molar-refractivity contribution is -0.144. The SMILES string of the molecule is COC(=O)CN(CC(=O)N(C1CCCCC1)C1CCS(=O)(=O)C1)Cc1cc(OC)cc(OC)c1. The minimum Gasteiger partial charge on any atom is -0.497 e. The average molecular weight is 497 g/mol. The second-order valence-electron chi connectivity index (χ2n) is 9.09. The maximum atomic E-state index is 13.6. The molecule has 34 heavy (non-hydrogen) atoms. The number of methoxy groups -OCH3 is 3. The summed E-state index contributed by atoms with van der Waals surface area (Å²) in [6.07, 6.45) is 5.42. The van der Waals surface area contributed by atoms with E-state index >= 15 is 0 Å². The van der Waals surface area contributed by atoms with E-state index in [0.717, 1.165) is 37.7 Å². The molecule has 0 spiro atoms. The Kier molecular flexibility index (Phi) is 9.18. The summed E-state index contributed by atoms with van der Waals surface area (Å²) in [7, 11) is 1.30. The molecule has 1 saturated heterocycles. The van der Waals surface area contributed by atoms with Crippen molar-refractivity contribution in [3.05, 3.63) is 23.8 Å². The minimum absolute atomic E-state index is 0.0122. The van der Waals surface area contributed by atoms with Crippen LogP contribution in [0.15, 0.2) is 18.2 Å². The molecular formula is C24H36N2O7S. The van der Waals surface area contributed by atoms with Gasteiger partial charge in [0.1, 0.15) is 11.5 Å². The predicted molar refractivity (Wildman–Crippen MR) is 128 cm³/mol. The molecule has 2 aliphatic rings. The number of nitrogens with zero attached hydrogens (tertiary/aromatic N) is 2. The van der Waals surface area contributed by atoms with Crippen molar-refractivity contribution in [1.82, 2.24) is 9.80 Å². The Morgan fingerprint density at radius 1 is 0.912 bits per heavy atom. The second-order valence-corrected chi connectivity index (χ2v) is 11.3. The summed E-state index contributed by atoms with van der Waals surface area (Å²) in [5.41, 5.74) is 0.820. The van der Waals surface area contributed by atoms with Crippen molar-refractivity contribution >= 4 is 21.7 Å². The lowest BCUT2D eigenvalue weighted by Gasteiger charge is -2.39. The van der Waals surface area contributed by atoms with Gasteiger partial charge in [0.15, 0.2) is 9.84 Å². The summed E-state index contributed by atoms with van der Waals surface area (Å²) in [5.74, 6) is 0.753. The zero-order valence-electron chi connectivity index (χ0n) is 20.3. The number of sulfone groups is 1. The van der Waals surface area contributed by atoms with Gasteiger partial charge in [-0.25, -0.2) is 8.42 Å². The molecule has 1 heterocycles. The van der Waals surface area contributed by atoms with Crippen LogP contribution in [0.1, 0.15) is 44.1 Å². The first-order chi connectivity index (χ1) is 16.2. The largest absolute Gasteiger partial charge is 0.497 e. The van der Waals surface area contributed by atoms with Crippen LogP contribution in [0.3, 0.4) is 0 Å². The van der Waals surface area contributed by atoms with Gasteiger partial charge in [0.25, 0.3) is 0 Å². The highest BCUT2D eigenvalue weighted by Gasteiger charge is 2.39. The highest BCUT2D eigenvalue weighted by atomic mass is 32.2. The van der Waals surface area contributed by atoms with Gasteiger partial charge in [0.05, 0.1) is 45.9 Å². The van der Waals surface area contributed by atoms with Crippen LogP contribution < -0.4 is 9.47 Å². The number of amides is 1. The Morgan fingerprint density at radius 3 is 2.09 bits per heavy atom. The lowest BCUT2D eigenvalue weighted by Crippen LogP contribution is -2.52. The second kappa shape index (κ2) is 11.9. The number of carbonyl (C=O) groups is 2. The molecule has 2 fully saturated rings. The molecule has 3 rings (SSSR count). The molecule has 1 aliphatic heterocycles. The van der Waals surface area contributed by atoms with Gasteiger partial charge < -0.3 is 19.1 Å². The summed E-state index contributed by atoms with van der Waals surface area (Å²) in [4.78, 5) is 29.3. The number of ether oxygens (including phenoxy) is 3. The molecule has 0 aromatic heterocycles. The highest BCUT2D eigenvalue weighted by molar-refractivity contribution is 7.91. The molecule has 1 amide bonds. The van der Waals surface area contributed by atoms with Gasteiger partial charge in [-0.3, -0.25) is 14.5 Å². The van der Waals surface area contributed by atoms with Gasteiger partial charge in [-0.15, -0.1) is 0 Å². The quantitative estimate of drug-likeness (QED) is 0.454. The molecular weight excluding hydrogens is 460 g/mol. The third kappa shape index (κ3) is 7.09. The van der Waals surface area contributed by atoms with Gasteiger partial charge in [-0.2, -0.15) is 0 Å². The molecule has 190 valence electrons. The van der Waals surface area contributed by atoms with Crippen LogP contribution in [0.5, 0.6) is 11.5 Å². The number of benzene rings is 1. The molecule has 1 aliphatic carbocycles. The van der Waals surface area contributed by atoms with E-state index < -0.39 is 15.8 Å². The maximum Gasteiger partial charge on any atom is 0.319 e. The smallest absolute Gasteiger partial charge is 0.319 e. The lowest BCUT2D eigenvalue weighted by atomic mass is 9.92. The van der Waals surface area contributed by atoms with Gasteiger partial charge in [0.2, 0.25) is 5.91 Å². The van der Waals surface area contributed by atoms with Crippen molar-refractivity contribution in [2.24, 2.45) is 0 Å². The first kappa shape index (κ1) is 26.3. The van der Waals surface area contributed by atoms with Gasteiger partial charge in [0, 0.05) is 24.7 Å². The highest BCUT2D eigenvalue weighted by Crippen LogP contribution is 2.29. The Bertz CT molecular complexity index is 938. The summed E-state index contributed by atoms with van der Waals surface area (Å²) in [5, 5.41) is 0. The molecule has 9 nitrogen and oxygen atoms in total. The topological polar surface area (TPSA) is 102 Å². The number of hydrogen-bond acceptors (Lipinski definition) is 8. The summed E-state index contributed by atoms with van der Waals surface area (Å²) in [6, 6.07) is 5.15. The molecule has 1 aromatic rings. The minimum atomic E-state index is -3.14. The Labute approximate surface area is 202 Å². The van der Waals surface area contributed by atoms with Crippen LogP contribution in [-0.2, 0) is 30.7 Å². The summed E-state index contributed by atoms with van der Waals surface area (Å²) in [6.45, 7) is 0.223. The molecule has 0 bridgehead atoms. The molecule has 1 saturated carbocycles. The van der Waals surface area contributed by atoms with Crippen molar-refractivity contribution in [3.8, 4) is 11.5 Å². The third-order valence-corrected chi connectivity index (χ3v) is 8.36. The van der Waals surface area contributed by atoms with Crippen molar-refractivity contribution in [2.75, 3.05) is 45.9 Å². The fraction of sp³-hybridized carbons (Fsp3) is 0.667. The van der Waals surface area contributed by atoms with E-state index in [-0.39, 0.29) is 42.6 Å². The number of carbonyl (C=O) groups excluding carboxylic acids is 2. The maximum absolute atomic E-state index is 13.6. The summed E-state index contributed by atoms with van der Waals surface area (Å²) < 4.78 is 39.9. The van der Waals surface area contributed by atoms with Crippen LogP contribution in [0.25, 0.3) is 0 Å². The zero-order valence-corrected chi connectivity index (χ0v) is 21.1. The van der Waals surface area contributed by atoms with Crippen molar-refractivity contribution < 1.29 is 32.2 Å². The zero-order chi connectivity index (χ0) is 24.7. The van der Waals surface area contributed by atoms with Crippen LogP contribution in [0, 0.1) is 0 Å². The number of esters is 1. The predicted octanol–water partition coefficient (Wildman–Crippen LogP) is 2.03. The van der Waals surface area contributed by atoms with E-state index in [9.17, 15) is 18.0 Å². The van der Waals surface area contributed by atoms with E-state index in [2.05, 4.69) is 0 Å². The molecule has 1 atom stereocenters. The standard InChI is InChI=1S/C24H36N2O7S/c1-31-21-11-18(12-22(13-21)32-2)14-25(16-24(28)33-3)15-23(27)26(19-7-5-4-6-8-19)20-9-10-34(29,30)17-20/h11-13,19-20H,4-10,14-17H2,1-3H3. The van der Waals surface area contributed by atoms with Crippen molar-refractivity contribution in [1.29, 1.82) is 0 Å². The number of hydrogen-bond donors (Lipinski definition) is 0. The van der Waals surface area contributed by atoms with Gasteiger partial charge >= 0.3 is 5.97 Å². The van der Waals surface area contributed by atoms with Crippen molar-refractivity contribution in [2.45, 2.75) is 57.2 Å². The first-order valence-electron chi connectivity index (χ1n) is 11.8. The average Bonchev–Trinajstić information content (AvgIpc) is 3.18. The number of rotatable bonds is 10. The molecule has 0 N–H and O–H groups in total. The van der Waals surface area contributed by atoms with E-state index in [1.54, 1.807) is 25.2 Å². The van der Waals surface area contributed by atoms with Crippen LogP contribution in [0.2, 0.25) is 0 Å². The molecule has 1 unspecified atom stereocenters. The molecule has 10 heteroatoms. The Balaban J connectivity index is 1.82. The third-order valence-electron chi connectivity index (χ3n) is 6.61. The van der Waals surface area contributed by atoms with E-state index in [0.29, 0.717) is 24.5 Å². The van der Waals surface area contributed by atoms with Gasteiger partial charge in [-0.05, 0) is 37.0 Å². The summed E-state index contributed by atoms with van der Waals surface area (Å²) >= 11 is 0. The van der Waals surface area contributed by atoms with Crippen molar-refractivity contribution in [3.63, 3.8) is 0 Å². The van der Waals surface area contributed by atoms with E-state index in [1.807, 2.05) is 17.0 Å². The monoisotopic (exact) mass is 496 g/mol. The normalized spacial score (nSPS) is 20.2. The van der Waals surface area contributed by atoms with Crippen LogP contribution in [0.4, 0.5) is 0 Å². The first-order valence-corrected chi connectivity index (χ1v) is 13.6. The molecule has 1 aromatic carbocycles. The Hall–Kier alpha value is -2.33. The van der Waals surface area contributed by atoms with E-state index in [4.69, 9.17) is 14.2 Å². The Morgan fingerprint density at radius 2 is 1.56 bits per heavy atom.